The van der Waals surface area contributed by atoms with Crippen LogP contribution in [0.4, 0.5) is 22.9 Å². The van der Waals surface area contributed by atoms with Gasteiger partial charge in [0.05, 0.1) is 25.4 Å². The number of hydrogen-bond donors (Lipinski definition) is 1. The number of nitrogens with zero attached hydrogens (tertiary/aromatic N) is 4. The molecule has 0 bridgehead atoms. The van der Waals surface area contributed by atoms with E-state index in [9.17, 15) is 14.9 Å². The zero-order chi connectivity index (χ0) is 19.2. The Hall–Kier alpha value is -3.20. The fourth-order valence-electron chi connectivity index (χ4n) is 2.80. The summed E-state index contributed by atoms with van der Waals surface area (Å²) >= 11 is 0. The number of anilines is 3. The third kappa shape index (κ3) is 4.91. The molecule has 1 saturated heterocycles. The highest BCUT2D eigenvalue weighted by Gasteiger charge is 2.13. The van der Waals surface area contributed by atoms with E-state index in [-0.39, 0.29) is 18.3 Å². The van der Waals surface area contributed by atoms with Crippen molar-refractivity contribution in [1.29, 1.82) is 0 Å². The highest BCUT2D eigenvalue weighted by atomic mass is 16.6. The van der Waals surface area contributed by atoms with Crippen molar-refractivity contribution in [3.63, 3.8) is 0 Å². The van der Waals surface area contributed by atoms with Gasteiger partial charge in [0.1, 0.15) is 0 Å². The van der Waals surface area contributed by atoms with Crippen LogP contribution in [0.5, 0.6) is 0 Å². The SMILES string of the molecule is CN(CC(=O)Nc1ccc(N2CCOCC2)cc1)c1ccc([N+](=O)[O-])nc1. The molecule has 3 rings (SSSR count). The predicted octanol–water partition coefficient (Wildman–Crippen LogP) is 1.90. The molecule has 0 spiro atoms. The van der Waals surface area contributed by atoms with Gasteiger partial charge in [-0.25, -0.2) is 0 Å². The molecule has 1 fully saturated rings. The van der Waals surface area contributed by atoms with Gasteiger partial charge in [0, 0.05) is 37.6 Å². The van der Waals surface area contributed by atoms with Crippen LogP contribution in [0.3, 0.4) is 0 Å². The quantitative estimate of drug-likeness (QED) is 0.611. The number of likely N-dealkylation sites (N-methyl/N-ethyl adjacent to an activating group) is 1. The Kier molecular flexibility index (Phi) is 5.82. The Morgan fingerprint density at radius 3 is 2.56 bits per heavy atom. The third-order valence-corrected chi connectivity index (χ3v) is 4.27. The van der Waals surface area contributed by atoms with Crippen molar-refractivity contribution in [3.05, 3.63) is 52.7 Å². The lowest BCUT2D eigenvalue weighted by molar-refractivity contribution is -0.389. The van der Waals surface area contributed by atoms with Gasteiger partial charge < -0.3 is 30.0 Å². The number of amides is 1. The van der Waals surface area contributed by atoms with Crippen LogP contribution in [0.15, 0.2) is 42.6 Å². The topological polar surface area (TPSA) is 101 Å². The average Bonchev–Trinajstić information content (AvgIpc) is 2.69. The Morgan fingerprint density at radius 2 is 1.96 bits per heavy atom. The van der Waals surface area contributed by atoms with Crippen molar-refractivity contribution in [3.8, 4) is 0 Å². The van der Waals surface area contributed by atoms with E-state index < -0.39 is 4.92 Å². The van der Waals surface area contributed by atoms with Crippen LogP contribution in [0.25, 0.3) is 0 Å². The summed E-state index contributed by atoms with van der Waals surface area (Å²) < 4.78 is 5.35. The summed E-state index contributed by atoms with van der Waals surface area (Å²) in [5.41, 5.74) is 2.44. The highest BCUT2D eigenvalue weighted by molar-refractivity contribution is 5.94. The molecule has 1 aromatic carbocycles. The minimum absolute atomic E-state index is 0.102. The Labute approximate surface area is 156 Å². The number of benzene rings is 1. The van der Waals surface area contributed by atoms with Gasteiger partial charge in [-0.1, -0.05) is 0 Å². The standard InChI is InChI=1S/C18H21N5O4/c1-21(16-6-7-17(19-12-16)23(25)26)13-18(24)20-14-2-4-15(5-3-14)22-8-10-27-11-9-22/h2-7,12H,8-11,13H2,1H3,(H,20,24). The summed E-state index contributed by atoms with van der Waals surface area (Å²) in [6.45, 7) is 3.27. The molecule has 9 nitrogen and oxygen atoms in total. The van der Waals surface area contributed by atoms with E-state index in [0.717, 1.165) is 32.0 Å². The lowest BCUT2D eigenvalue weighted by Gasteiger charge is -2.28. The van der Waals surface area contributed by atoms with Gasteiger partial charge in [0.15, 0.2) is 6.20 Å². The monoisotopic (exact) mass is 371 g/mol. The van der Waals surface area contributed by atoms with Crippen LogP contribution < -0.4 is 15.1 Å². The van der Waals surface area contributed by atoms with Crippen molar-refractivity contribution < 1.29 is 14.5 Å². The molecule has 0 unspecified atom stereocenters. The lowest BCUT2D eigenvalue weighted by atomic mass is 10.2. The fraction of sp³-hybridized carbons (Fsp3) is 0.333. The number of pyridine rings is 1. The molecular formula is C18H21N5O4. The molecular weight excluding hydrogens is 350 g/mol. The molecule has 142 valence electrons. The first kappa shape index (κ1) is 18.6. The molecule has 9 heteroatoms. The second-order valence-electron chi connectivity index (χ2n) is 6.18. The van der Waals surface area contributed by atoms with Gasteiger partial charge in [0.2, 0.25) is 5.91 Å². The fourth-order valence-corrected chi connectivity index (χ4v) is 2.80. The Morgan fingerprint density at radius 1 is 1.26 bits per heavy atom. The van der Waals surface area contributed by atoms with Crippen LogP contribution >= 0.6 is 0 Å². The van der Waals surface area contributed by atoms with E-state index in [0.29, 0.717) is 11.4 Å². The van der Waals surface area contributed by atoms with Crippen molar-refractivity contribution in [2.24, 2.45) is 0 Å². The van der Waals surface area contributed by atoms with Gasteiger partial charge >= 0.3 is 5.82 Å². The molecule has 1 N–H and O–H groups in total. The molecule has 0 aliphatic carbocycles. The number of morpholine rings is 1. The maximum absolute atomic E-state index is 12.2. The van der Waals surface area contributed by atoms with Gasteiger partial charge in [-0.05, 0) is 40.2 Å². The smallest absolute Gasteiger partial charge is 0.363 e. The summed E-state index contributed by atoms with van der Waals surface area (Å²) in [6, 6.07) is 10.6. The summed E-state index contributed by atoms with van der Waals surface area (Å²) in [7, 11) is 1.73. The largest absolute Gasteiger partial charge is 0.378 e. The maximum Gasteiger partial charge on any atom is 0.363 e. The zero-order valence-corrected chi connectivity index (χ0v) is 15.0. The van der Waals surface area contributed by atoms with Crippen LogP contribution in [0.2, 0.25) is 0 Å². The van der Waals surface area contributed by atoms with E-state index in [1.807, 2.05) is 24.3 Å². The summed E-state index contributed by atoms with van der Waals surface area (Å²) in [6.07, 6.45) is 1.38. The van der Waals surface area contributed by atoms with Crippen molar-refractivity contribution >= 4 is 28.8 Å². The number of ether oxygens (including phenoxy) is 1. The molecule has 0 radical (unpaired) electrons. The van der Waals surface area contributed by atoms with E-state index in [4.69, 9.17) is 4.74 Å². The molecule has 1 aliphatic heterocycles. The van der Waals surface area contributed by atoms with Gasteiger partial charge in [-0.2, -0.15) is 0 Å². The predicted molar refractivity (Wildman–Crippen MR) is 102 cm³/mol. The number of hydrogen-bond acceptors (Lipinski definition) is 7. The van der Waals surface area contributed by atoms with Crippen molar-refractivity contribution in [1.82, 2.24) is 4.98 Å². The lowest BCUT2D eigenvalue weighted by Crippen LogP contribution is -2.36. The van der Waals surface area contributed by atoms with Crippen LogP contribution in [0, 0.1) is 10.1 Å². The Bertz CT molecular complexity index is 788. The van der Waals surface area contributed by atoms with Crippen molar-refractivity contribution in [2.75, 3.05) is 55.0 Å². The van der Waals surface area contributed by atoms with Crippen LogP contribution in [-0.4, -0.2) is 55.7 Å². The van der Waals surface area contributed by atoms with Crippen LogP contribution in [-0.2, 0) is 9.53 Å². The summed E-state index contributed by atoms with van der Waals surface area (Å²) in [5, 5.41) is 13.5. The third-order valence-electron chi connectivity index (χ3n) is 4.27. The van der Waals surface area contributed by atoms with Crippen LogP contribution in [0.1, 0.15) is 0 Å². The highest BCUT2D eigenvalue weighted by Crippen LogP contribution is 2.19. The number of nitro groups is 1. The number of carbonyl (C=O) groups is 1. The van der Waals surface area contributed by atoms with E-state index >= 15 is 0 Å². The van der Waals surface area contributed by atoms with Crippen molar-refractivity contribution in [2.45, 2.75) is 0 Å². The molecule has 27 heavy (non-hydrogen) atoms. The summed E-state index contributed by atoms with van der Waals surface area (Å²) in [4.78, 5) is 30.0. The number of carbonyl (C=O) groups excluding carboxylic acids is 1. The second-order valence-corrected chi connectivity index (χ2v) is 6.18. The van der Waals surface area contributed by atoms with Gasteiger partial charge in [-0.3, -0.25) is 4.79 Å². The number of nitrogens with one attached hydrogen (secondary N) is 1. The average molecular weight is 371 g/mol. The van der Waals surface area contributed by atoms with E-state index in [1.54, 1.807) is 18.0 Å². The van der Waals surface area contributed by atoms with Gasteiger partial charge in [0.25, 0.3) is 0 Å². The minimum atomic E-state index is -0.558. The second kappa shape index (κ2) is 8.45. The first-order valence-corrected chi connectivity index (χ1v) is 8.57. The number of rotatable bonds is 6. The molecule has 1 amide bonds. The zero-order valence-electron chi connectivity index (χ0n) is 15.0. The molecule has 2 aromatic rings. The van der Waals surface area contributed by atoms with E-state index in [2.05, 4.69) is 15.2 Å². The maximum atomic E-state index is 12.2. The molecule has 1 aliphatic rings. The minimum Gasteiger partial charge on any atom is -0.378 e. The molecule has 0 saturated carbocycles. The molecule has 0 atom stereocenters. The molecule has 2 heterocycles. The summed E-state index contributed by atoms with van der Waals surface area (Å²) in [5.74, 6) is -0.410. The Balaban J connectivity index is 1.54. The number of aromatic nitrogens is 1. The molecule has 1 aromatic heterocycles. The van der Waals surface area contributed by atoms with Gasteiger partial charge in [-0.15, -0.1) is 0 Å². The first-order valence-electron chi connectivity index (χ1n) is 8.57. The van der Waals surface area contributed by atoms with E-state index in [1.165, 1.54) is 12.3 Å². The first-order chi connectivity index (χ1) is 13.0. The normalized spacial score (nSPS) is 13.9.